The second-order valence-corrected chi connectivity index (χ2v) is 18.6. The molecule has 0 spiro atoms. The van der Waals surface area contributed by atoms with E-state index in [1.165, 1.54) is 70.6 Å². The molecule has 12 unspecified atom stereocenters. The topological polar surface area (TPSA) is 228 Å². The first-order valence-corrected chi connectivity index (χ1v) is 26.7. The van der Waals surface area contributed by atoms with E-state index in [4.69, 9.17) is 18.9 Å². The zero-order valence-corrected chi connectivity index (χ0v) is 42.3. The maximum Gasteiger partial charge on any atom is 0.220 e. The minimum Gasteiger partial charge on any atom is -0.394 e. The Morgan fingerprint density at radius 2 is 1.01 bits per heavy atom. The van der Waals surface area contributed by atoms with Gasteiger partial charge in [0.2, 0.25) is 5.91 Å². The van der Waals surface area contributed by atoms with Gasteiger partial charge in [-0.1, -0.05) is 170 Å². The molecule has 0 saturated carbocycles. The van der Waals surface area contributed by atoms with E-state index in [1.807, 2.05) is 6.08 Å². The van der Waals surface area contributed by atoms with Crippen molar-refractivity contribution in [2.45, 2.75) is 248 Å². The van der Waals surface area contributed by atoms with Gasteiger partial charge in [-0.15, -0.1) is 0 Å². The summed E-state index contributed by atoms with van der Waals surface area (Å²) in [6, 6.07) is -0.933. The third-order valence-corrected chi connectivity index (χ3v) is 12.6. The predicted molar refractivity (Wildman–Crippen MR) is 272 cm³/mol. The molecule has 14 heteroatoms. The number of hydrogen-bond acceptors (Lipinski definition) is 13. The maximum absolute atomic E-state index is 13.2. The third-order valence-electron chi connectivity index (χ3n) is 12.6. The summed E-state index contributed by atoms with van der Waals surface area (Å²) in [5.41, 5.74) is 0. The number of amides is 1. The molecule has 2 rings (SSSR count). The minimum atomic E-state index is -1.79. The number of aliphatic hydroxyl groups is 8. The fraction of sp³-hybridized carbons (Fsp3) is 0.764. The normalized spacial score (nSPS) is 26.8. The molecule has 0 radical (unpaired) electrons. The lowest BCUT2D eigenvalue weighted by Gasteiger charge is -2.46. The zero-order valence-electron chi connectivity index (χ0n) is 42.3. The molecule has 12 atom stereocenters. The van der Waals surface area contributed by atoms with Crippen LogP contribution in [0.25, 0.3) is 0 Å². The molecule has 0 aromatic rings. The van der Waals surface area contributed by atoms with Crippen LogP contribution in [0.3, 0.4) is 0 Å². The first-order chi connectivity index (χ1) is 33.6. The Labute approximate surface area is 415 Å². The van der Waals surface area contributed by atoms with Crippen molar-refractivity contribution >= 4 is 5.91 Å². The lowest BCUT2D eigenvalue weighted by atomic mass is 9.97. The molecule has 398 valence electrons. The second-order valence-electron chi connectivity index (χ2n) is 18.6. The summed E-state index contributed by atoms with van der Waals surface area (Å²) in [6.45, 7) is 2.60. The number of carbonyl (C=O) groups excluding carboxylic acids is 1. The van der Waals surface area contributed by atoms with Crippen molar-refractivity contribution in [2.24, 2.45) is 0 Å². The van der Waals surface area contributed by atoms with Gasteiger partial charge in [0.15, 0.2) is 12.6 Å². The number of hydrogen-bond donors (Lipinski definition) is 9. The molecule has 2 fully saturated rings. The van der Waals surface area contributed by atoms with E-state index < -0.39 is 86.8 Å². The summed E-state index contributed by atoms with van der Waals surface area (Å²) < 4.78 is 22.6. The summed E-state index contributed by atoms with van der Waals surface area (Å²) in [5.74, 6) is -0.258. The highest BCUT2D eigenvalue weighted by molar-refractivity contribution is 5.76. The molecule has 2 heterocycles. The van der Waals surface area contributed by atoms with Gasteiger partial charge in [0.1, 0.15) is 48.8 Å². The summed E-state index contributed by atoms with van der Waals surface area (Å²) >= 11 is 0. The Bertz CT molecular complexity index is 1430. The molecular weight excluding hydrogens is 883 g/mol. The Hall–Kier alpha value is -2.57. The van der Waals surface area contributed by atoms with Crippen LogP contribution in [0.15, 0.2) is 72.9 Å². The van der Waals surface area contributed by atoms with Crippen molar-refractivity contribution in [1.29, 1.82) is 0 Å². The average Bonchev–Trinajstić information content (AvgIpc) is 3.35. The highest BCUT2D eigenvalue weighted by Crippen LogP contribution is 2.30. The van der Waals surface area contributed by atoms with Gasteiger partial charge in [0.05, 0.1) is 32.0 Å². The summed E-state index contributed by atoms with van der Waals surface area (Å²) in [4.78, 5) is 13.2. The molecule has 2 saturated heterocycles. The number of rotatable bonds is 40. The van der Waals surface area contributed by atoms with Gasteiger partial charge in [0, 0.05) is 6.42 Å². The molecule has 0 bridgehead atoms. The monoisotopic (exact) mass is 978 g/mol. The van der Waals surface area contributed by atoms with Crippen molar-refractivity contribution in [2.75, 3.05) is 19.8 Å². The molecule has 14 nitrogen and oxygen atoms in total. The van der Waals surface area contributed by atoms with Crippen LogP contribution in [0.2, 0.25) is 0 Å². The average molecular weight is 978 g/mol. The van der Waals surface area contributed by atoms with Crippen LogP contribution in [-0.4, -0.2) is 140 Å². The first-order valence-electron chi connectivity index (χ1n) is 26.7. The van der Waals surface area contributed by atoms with Gasteiger partial charge < -0.3 is 65.1 Å². The first kappa shape index (κ1) is 62.5. The van der Waals surface area contributed by atoms with E-state index in [-0.39, 0.29) is 18.9 Å². The lowest BCUT2D eigenvalue weighted by molar-refractivity contribution is -0.359. The van der Waals surface area contributed by atoms with Gasteiger partial charge >= 0.3 is 0 Å². The van der Waals surface area contributed by atoms with Crippen molar-refractivity contribution in [1.82, 2.24) is 5.32 Å². The van der Waals surface area contributed by atoms with E-state index >= 15 is 0 Å². The van der Waals surface area contributed by atoms with Crippen molar-refractivity contribution in [3.05, 3.63) is 72.9 Å². The Morgan fingerprint density at radius 3 is 1.59 bits per heavy atom. The van der Waals surface area contributed by atoms with Crippen LogP contribution in [-0.2, 0) is 23.7 Å². The van der Waals surface area contributed by atoms with Crippen molar-refractivity contribution in [3.8, 4) is 0 Å². The number of nitrogens with one attached hydrogen (secondary N) is 1. The van der Waals surface area contributed by atoms with E-state index in [9.17, 15) is 45.6 Å². The molecule has 9 N–H and O–H groups in total. The predicted octanol–water partition coefficient (Wildman–Crippen LogP) is 7.60. The Balaban J connectivity index is 1.74. The van der Waals surface area contributed by atoms with E-state index in [0.717, 1.165) is 70.6 Å². The molecular formula is C55H95NO13. The lowest BCUT2D eigenvalue weighted by Crippen LogP contribution is -2.65. The third kappa shape index (κ3) is 27.7. The largest absolute Gasteiger partial charge is 0.394 e. The number of carbonyl (C=O) groups is 1. The van der Waals surface area contributed by atoms with Crippen LogP contribution in [0, 0.1) is 0 Å². The molecule has 1 amide bonds. The van der Waals surface area contributed by atoms with Crippen molar-refractivity contribution < 1.29 is 64.6 Å². The fourth-order valence-corrected chi connectivity index (χ4v) is 8.30. The minimum absolute atomic E-state index is 0.258. The summed E-state index contributed by atoms with van der Waals surface area (Å²) in [5, 5.41) is 86.6. The van der Waals surface area contributed by atoms with Crippen molar-refractivity contribution in [3.63, 3.8) is 0 Å². The Morgan fingerprint density at radius 1 is 0.536 bits per heavy atom. The van der Waals surface area contributed by atoms with Crippen LogP contribution in [0.5, 0.6) is 0 Å². The maximum atomic E-state index is 13.2. The quantitative estimate of drug-likeness (QED) is 0.0213. The van der Waals surface area contributed by atoms with Crippen LogP contribution in [0.1, 0.15) is 174 Å². The molecule has 69 heavy (non-hydrogen) atoms. The SMILES string of the molecule is CC/C=C\C/C=C\C/C=C\C/C=C\CCCCCCCCCCCCCCC(=O)NC(COC1OC(CO)C(OC2OC(CO)C(O)C(O)C2O)C(O)C1O)C(O)/C=C/CC/C=C/CCCCCC. The van der Waals surface area contributed by atoms with E-state index in [2.05, 4.69) is 79.9 Å². The molecule has 0 aromatic heterocycles. The number of allylic oxidation sites excluding steroid dienone is 11. The zero-order chi connectivity index (χ0) is 50.3. The Kier molecular flexibility index (Phi) is 37.1. The molecule has 0 aromatic carbocycles. The summed E-state index contributed by atoms with van der Waals surface area (Å²) in [6.07, 6.45) is 35.3. The standard InChI is InChI=1S/C55H95NO13/c1-3-5-7-9-11-13-15-16-17-18-19-20-21-22-23-24-25-26-27-28-29-31-33-35-37-39-47(60)56-43(44(59)38-36-34-32-30-14-12-10-8-6-4-2)42-66-54-52(65)50(63)53(46(41-58)68-54)69-55-51(64)49(62)48(61)45(40-57)67-55/h5,7,11,13-14,16-17,19-20,30,36,38,43-46,48-55,57-59,61-65H,3-4,6,8-10,12,15,18,21-29,31-35,37,39-42H2,1-2H3,(H,56,60)/b7-5-,13-11-,17-16-,20-19-,30-14+,38-36+. The van der Waals surface area contributed by atoms with Gasteiger partial charge in [0.25, 0.3) is 0 Å². The van der Waals surface area contributed by atoms with Gasteiger partial charge in [-0.05, 0) is 70.6 Å². The van der Waals surface area contributed by atoms with Crippen LogP contribution < -0.4 is 5.32 Å². The number of aliphatic hydroxyl groups excluding tert-OH is 8. The molecule has 0 aliphatic carbocycles. The van der Waals surface area contributed by atoms with E-state index in [0.29, 0.717) is 12.8 Å². The highest BCUT2D eigenvalue weighted by atomic mass is 16.7. The number of unbranched alkanes of at least 4 members (excludes halogenated alkanes) is 17. The van der Waals surface area contributed by atoms with Crippen LogP contribution in [0.4, 0.5) is 0 Å². The van der Waals surface area contributed by atoms with Crippen LogP contribution >= 0.6 is 0 Å². The second kappa shape index (κ2) is 41.0. The number of ether oxygens (including phenoxy) is 4. The van der Waals surface area contributed by atoms with Gasteiger partial charge in [-0.3, -0.25) is 4.79 Å². The van der Waals surface area contributed by atoms with Gasteiger partial charge in [-0.25, -0.2) is 0 Å². The van der Waals surface area contributed by atoms with E-state index in [1.54, 1.807) is 6.08 Å². The molecule has 2 aliphatic rings. The van der Waals surface area contributed by atoms with Gasteiger partial charge in [-0.2, -0.15) is 0 Å². The fourth-order valence-electron chi connectivity index (χ4n) is 8.30. The smallest absolute Gasteiger partial charge is 0.220 e. The summed E-state index contributed by atoms with van der Waals surface area (Å²) in [7, 11) is 0. The molecule has 2 aliphatic heterocycles. The highest BCUT2D eigenvalue weighted by Gasteiger charge is 2.51.